The maximum Gasteiger partial charge on any atom is 0.253 e. The highest BCUT2D eigenvalue weighted by Gasteiger charge is 2.44. The van der Waals surface area contributed by atoms with Crippen molar-refractivity contribution >= 4 is 22.5 Å². The number of Topliss-reactive ketones (excluding diaryl/α,β-unsaturated/α-hetero) is 1. The first-order chi connectivity index (χ1) is 19.5. The lowest BCUT2D eigenvalue weighted by atomic mass is 9.82. The molecule has 0 aliphatic carbocycles. The Balaban J connectivity index is 1.14. The number of hydrogen-bond acceptors (Lipinski definition) is 9. The van der Waals surface area contributed by atoms with E-state index in [1.54, 1.807) is 30.3 Å². The van der Waals surface area contributed by atoms with Crippen molar-refractivity contribution in [3.63, 3.8) is 0 Å². The molecule has 2 aromatic heterocycles. The lowest BCUT2D eigenvalue weighted by molar-refractivity contribution is -0.00569. The van der Waals surface area contributed by atoms with Gasteiger partial charge in [0.2, 0.25) is 5.82 Å². The van der Waals surface area contributed by atoms with Crippen molar-refractivity contribution in [3.05, 3.63) is 65.9 Å². The second-order valence-electron chi connectivity index (χ2n) is 10.1. The van der Waals surface area contributed by atoms with Crippen LogP contribution in [0, 0.1) is 0 Å². The third kappa shape index (κ3) is 3.96. The number of aromatic amines is 2. The van der Waals surface area contributed by atoms with E-state index in [0.29, 0.717) is 65.6 Å². The van der Waals surface area contributed by atoms with Gasteiger partial charge in [-0.3, -0.25) is 9.59 Å². The van der Waals surface area contributed by atoms with Crippen LogP contribution in [0.4, 0.5) is 0 Å². The van der Waals surface area contributed by atoms with Crippen LogP contribution in [0.1, 0.15) is 40.0 Å². The Bertz CT molecular complexity index is 1740. The molecule has 0 radical (unpaired) electrons. The van der Waals surface area contributed by atoms with Gasteiger partial charge in [-0.05, 0) is 47.0 Å². The van der Waals surface area contributed by atoms with Gasteiger partial charge >= 0.3 is 0 Å². The smallest absolute Gasteiger partial charge is 0.253 e. The molecular weight excluding hydrogens is 512 g/mol. The Morgan fingerprint density at radius 1 is 1.02 bits per heavy atom. The number of carbonyl (C=O) groups excluding carboxylic acids is 2. The number of aromatic nitrogens is 7. The molecule has 1 saturated heterocycles. The molecular formula is C28H24N8O4. The van der Waals surface area contributed by atoms with Gasteiger partial charge in [-0.25, -0.2) is 0 Å². The number of amides is 1. The summed E-state index contributed by atoms with van der Waals surface area (Å²) in [6.45, 7) is 0.917. The number of ether oxygens (including phenoxy) is 2. The van der Waals surface area contributed by atoms with Gasteiger partial charge in [0.15, 0.2) is 5.78 Å². The van der Waals surface area contributed by atoms with Crippen molar-refractivity contribution in [1.29, 1.82) is 0 Å². The number of nitrogens with one attached hydrogen (secondary N) is 2. The SMILES string of the molecule is COc1cccc2c(-c3nn[nH]n3)cc(C(=O)N3CCC4(CC3)CC(=O)c3cc(-c5cn[nH]n5)ccc3O4)cc12. The third-order valence-electron chi connectivity index (χ3n) is 7.77. The molecule has 1 spiro atoms. The molecule has 2 aliphatic heterocycles. The molecule has 200 valence electrons. The summed E-state index contributed by atoms with van der Waals surface area (Å²) >= 11 is 0. The molecule has 5 aromatic rings. The molecule has 2 aliphatic rings. The second kappa shape index (κ2) is 9.26. The number of benzene rings is 3. The van der Waals surface area contributed by atoms with E-state index in [-0.39, 0.29) is 18.1 Å². The molecule has 12 nitrogen and oxygen atoms in total. The molecule has 0 atom stereocenters. The van der Waals surface area contributed by atoms with Crippen LogP contribution in [-0.2, 0) is 0 Å². The molecule has 0 saturated carbocycles. The first kappa shape index (κ1) is 23.9. The molecule has 4 heterocycles. The highest BCUT2D eigenvalue weighted by atomic mass is 16.5. The van der Waals surface area contributed by atoms with Crippen molar-refractivity contribution in [1.82, 2.24) is 40.9 Å². The zero-order valence-corrected chi connectivity index (χ0v) is 21.5. The van der Waals surface area contributed by atoms with E-state index in [4.69, 9.17) is 9.47 Å². The molecule has 0 bridgehead atoms. The Hall–Kier alpha value is -5.13. The molecule has 0 unspecified atom stereocenters. The summed E-state index contributed by atoms with van der Waals surface area (Å²) in [7, 11) is 1.60. The number of piperidine rings is 1. The Kier molecular flexibility index (Phi) is 5.54. The van der Waals surface area contributed by atoms with Crippen LogP contribution in [0.3, 0.4) is 0 Å². The lowest BCUT2D eigenvalue weighted by Gasteiger charge is -2.44. The first-order valence-electron chi connectivity index (χ1n) is 12.9. The summed E-state index contributed by atoms with van der Waals surface area (Å²) in [6.07, 6.45) is 2.97. The topological polar surface area (TPSA) is 152 Å². The monoisotopic (exact) mass is 536 g/mol. The molecule has 2 N–H and O–H groups in total. The van der Waals surface area contributed by atoms with Gasteiger partial charge in [-0.2, -0.15) is 20.6 Å². The molecule has 12 heteroatoms. The minimum absolute atomic E-state index is 0.0257. The van der Waals surface area contributed by atoms with E-state index in [0.717, 1.165) is 16.3 Å². The highest BCUT2D eigenvalue weighted by Crippen LogP contribution is 2.41. The molecule has 1 fully saturated rings. The maximum atomic E-state index is 13.7. The molecule has 3 aromatic carbocycles. The first-order valence-corrected chi connectivity index (χ1v) is 12.9. The number of carbonyl (C=O) groups is 2. The van der Waals surface area contributed by atoms with Gasteiger partial charge in [0.25, 0.3) is 5.91 Å². The van der Waals surface area contributed by atoms with Crippen molar-refractivity contribution in [3.8, 4) is 34.1 Å². The number of tetrazole rings is 1. The zero-order chi connectivity index (χ0) is 27.3. The fourth-order valence-electron chi connectivity index (χ4n) is 5.69. The van der Waals surface area contributed by atoms with Crippen LogP contribution in [0.15, 0.2) is 54.7 Å². The van der Waals surface area contributed by atoms with Crippen LogP contribution in [0.25, 0.3) is 33.4 Å². The fourth-order valence-corrected chi connectivity index (χ4v) is 5.69. The maximum absolute atomic E-state index is 13.7. The summed E-state index contributed by atoms with van der Waals surface area (Å²) in [5.41, 5.74) is 2.55. The minimum Gasteiger partial charge on any atom is -0.496 e. The summed E-state index contributed by atoms with van der Waals surface area (Å²) in [5, 5.41) is 26.6. The molecule has 40 heavy (non-hydrogen) atoms. The Morgan fingerprint density at radius 2 is 1.90 bits per heavy atom. The quantitative estimate of drug-likeness (QED) is 0.352. The highest BCUT2D eigenvalue weighted by molar-refractivity contribution is 6.06. The largest absolute Gasteiger partial charge is 0.496 e. The summed E-state index contributed by atoms with van der Waals surface area (Å²) in [6, 6.07) is 14.8. The molecule has 7 rings (SSSR count). The van der Waals surface area contributed by atoms with Crippen LogP contribution < -0.4 is 9.47 Å². The van der Waals surface area contributed by atoms with E-state index < -0.39 is 5.60 Å². The van der Waals surface area contributed by atoms with Gasteiger partial charge in [-0.15, -0.1) is 10.2 Å². The number of methoxy groups -OCH3 is 1. The minimum atomic E-state index is -0.640. The predicted octanol–water partition coefficient (Wildman–Crippen LogP) is 3.45. The Morgan fingerprint density at radius 3 is 2.65 bits per heavy atom. The van der Waals surface area contributed by atoms with Gasteiger partial charge in [-0.1, -0.05) is 12.1 Å². The number of fused-ring (bicyclic) bond motifs is 2. The van der Waals surface area contributed by atoms with Crippen molar-refractivity contribution in [2.45, 2.75) is 24.9 Å². The van der Waals surface area contributed by atoms with Gasteiger partial charge in [0.1, 0.15) is 22.8 Å². The number of hydrogen-bond donors (Lipinski definition) is 2. The van der Waals surface area contributed by atoms with Gasteiger partial charge < -0.3 is 14.4 Å². The van der Waals surface area contributed by atoms with E-state index >= 15 is 0 Å². The lowest BCUT2D eigenvalue weighted by Crippen LogP contribution is -2.52. The molecule has 1 amide bonds. The van der Waals surface area contributed by atoms with E-state index in [1.165, 1.54) is 0 Å². The number of ketones is 1. The van der Waals surface area contributed by atoms with Crippen molar-refractivity contribution < 1.29 is 19.1 Å². The average Bonchev–Trinajstić information content (AvgIpc) is 3.72. The number of H-pyrrole nitrogens is 2. The number of likely N-dealkylation sites (tertiary alicyclic amines) is 1. The average molecular weight is 537 g/mol. The standard InChI is InChI=1S/C28H24N8O4/c1-39-24-4-2-3-18-19(24)12-17(13-20(18)26-31-34-35-32-26)27(38)36-9-7-28(8-10-36)14-23(37)21-11-16(5-6-25(21)40-28)22-15-29-33-30-22/h2-6,11-13,15H,7-10,14H2,1H3,(H,29,30,33)(H,31,32,34,35). The van der Waals surface area contributed by atoms with Crippen molar-refractivity contribution in [2.24, 2.45) is 0 Å². The summed E-state index contributed by atoms with van der Waals surface area (Å²) in [4.78, 5) is 28.8. The second-order valence-corrected chi connectivity index (χ2v) is 10.1. The van der Waals surface area contributed by atoms with Gasteiger partial charge in [0, 0.05) is 48.0 Å². The Labute approximate surface area is 227 Å². The van der Waals surface area contributed by atoms with Crippen molar-refractivity contribution in [2.75, 3.05) is 20.2 Å². The summed E-state index contributed by atoms with van der Waals surface area (Å²) < 4.78 is 12.0. The van der Waals surface area contributed by atoms with E-state index in [1.807, 2.05) is 36.4 Å². The summed E-state index contributed by atoms with van der Waals surface area (Å²) in [5.74, 6) is 1.51. The van der Waals surface area contributed by atoms with E-state index in [2.05, 4.69) is 36.0 Å². The van der Waals surface area contributed by atoms with Crippen LogP contribution in [0.2, 0.25) is 0 Å². The van der Waals surface area contributed by atoms with Gasteiger partial charge in [0.05, 0.1) is 25.3 Å². The van der Waals surface area contributed by atoms with Crippen LogP contribution in [-0.4, -0.2) is 78.4 Å². The van der Waals surface area contributed by atoms with E-state index in [9.17, 15) is 9.59 Å². The fraction of sp³-hybridized carbons (Fsp3) is 0.250. The van der Waals surface area contributed by atoms with Crippen LogP contribution >= 0.6 is 0 Å². The number of rotatable bonds is 4. The third-order valence-corrected chi connectivity index (χ3v) is 7.77. The zero-order valence-electron chi connectivity index (χ0n) is 21.5. The predicted molar refractivity (Wildman–Crippen MR) is 143 cm³/mol. The van der Waals surface area contributed by atoms with Crippen LogP contribution in [0.5, 0.6) is 11.5 Å². The normalized spacial score (nSPS) is 16.1. The number of nitrogens with zero attached hydrogens (tertiary/aromatic N) is 6.